The first-order valence-corrected chi connectivity index (χ1v) is 5.89. The fourth-order valence-corrected chi connectivity index (χ4v) is 1.94. The van der Waals surface area contributed by atoms with Gasteiger partial charge in [0.15, 0.2) is 0 Å². The summed E-state index contributed by atoms with van der Waals surface area (Å²) in [7, 11) is 0. The van der Waals surface area contributed by atoms with Crippen molar-refractivity contribution < 1.29 is 10.0 Å². The second-order valence-corrected chi connectivity index (χ2v) is 4.55. The summed E-state index contributed by atoms with van der Waals surface area (Å²) in [5.41, 5.74) is 2.79. The van der Waals surface area contributed by atoms with Gasteiger partial charge in [-0.1, -0.05) is 23.8 Å². The van der Waals surface area contributed by atoms with Crippen molar-refractivity contribution in [3.05, 3.63) is 57.4 Å². The standard InChI is InChI=1S/C13H15N3O3/c1-9-3-4-10(2)12(5-9)13(17)8-15-7-11(6-14-15)16(18)19/h3-7,13,17H,8H2,1-2H3/t13-/m0/s1. The first kappa shape index (κ1) is 13.2. The van der Waals surface area contributed by atoms with E-state index in [4.69, 9.17) is 0 Å². The second-order valence-electron chi connectivity index (χ2n) is 4.55. The maximum absolute atomic E-state index is 10.6. The minimum atomic E-state index is -0.737. The number of rotatable bonds is 4. The molecule has 6 nitrogen and oxygen atoms in total. The van der Waals surface area contributed by atoms with Crippen molar-refractivity contribution >= 4 is 5.69 Å². The molecule has 0 bridgehead atoms. The minimum Gasteiger partial charge on any atom is -0.386 e. The molecule has 0 saturated heterocycles. The van der Waals surface area contributed by atoms with Gasteiger partial charge < -0.3 is 5.11 Å². The Morgan fingerprint density at radius 3 is 2.84 bits per heavy atom. The summed E-state index contributed by atoms with van der Waals surface area (Å²) in [6.07, 6.45) is 1.75. The Morgan fingerprint density at radius 2 is 2.21 bits per heavy atom. The highest BCUT2D eigenvalue weighted by atomic mass is 16.6. The Hall–Kier alpha value is -2.21. The maximum atomic E-state index is 10.6. The molecule has 6 heteroatoms. The van der Waals surface area contributed by atoms with E-state index in [0.29, 0.717) is 0 Å². The van der Waals surface area contributed by atoms with Crippen LogP contribution in [0.3, 0.4) is 0 Å². The van der Waals surface area contributed by atoms with Gasteiger partial charge in [0.05, 0.1) is 17.6 Å². The van der Waals surface area contributed by atoms with Gasteiger partial charge in [0.25, 0.3) is 0 Å². The number of nitrogens with zero attached hydrogens (tertiary/aromatic N) is 3. The molecule has 1 N–H and O–H groups in total. The van der Waals surface area contributed by atoms with Crippen molar-refractivity contribution in [1.29, 1.82) is 0 Å². The van der Waals surface area contributed by atoms with E-state index >= 15 is 0 Å². The van der Waals surface area contributed by atoms with Gasteiger partial charge in [0.2, 0.25) is 0 Å². The molecule has 1 atom stereocenters. The lowest BCUT2D eigenvalue weighted by molar-refractivity contribution is -0.385. The van der Waals surface area contributed by atoms with Gasteiger partial charge in [-0.2, -0.15) is 5.10 Å². The number of nitro groups is 1. The molecule has 0 aliphatic rings. The van der Waals surface area contributed by atoms with E-state index in [1.54, 1.807) is 0 Å². The smallest absolute Gasteiger partial charge is 0.306 e. The topological polar surface area (TPSA) is 81.2 Å². The zero-order valence-corrected chi connectivity index (χ0v) is 10.8. The van der Waals surface area contributed by atoms with E-state index in [0.717, 1.165) is 16.7 Å². The third kappa shape index (κ3) is 2.97. The molecule has 1 heterocycles. The molecule has 0 spiro atoms. The van der Waals surface area contributed by atoms with Crippen LogP contribution in [0.4, 0.5) is 5.69 Å². The maximum Gasteiger partial charge on any atom is 0.306 e. The first-order chi connectivity index (χ1) is 8.97. The van der Waals surface area contributed by atoms with E-state index in [9.17, 15) is 15.2 Å². The highest BCUT2D eigenvalue weighted by Crippen LogP contribution is 2.21. The number of aryl methyl sites for hydroxylation is 2. The van der Waals surface area contributed by atoms with Crippen LogP contribution < -0.4 is 0 Å². The molecule has 19 heavy (non-hydrogen) atoms. The molecule has 0 amide bonds. The summed E-state index contributed by atoms with van der Waals surface area (Å²) in [6.45, 7) is 4.07. The first-order valence-electron chi connectivity index (χ1n) is 5.89. The molecule has 0 saturated carbocycles. The Balaban J connectivity index is 2.17. The van der Waals surface area contributed by atoms with Crippen LogP contribution in [-0.2, 0) is 6.54 Å². The van der Waals surface area contributed by atoms with Crippen LogP contribution in [0.2, 0.25) is 0 Å². The molecule has 1 aromatic carbocycles. The summed E-state index contributed by atoms with van der Waals surface area (Å²) < 4.78 is 1.38. The molecule has 2 rings (SSSR count). The van der Waals surface area contributed by atoms with Crippen LogP contribution in [0.1, 0.15) is 22.8 Å². The Morgan fingerprint density at radius 1 is 1.47 bits per heavy atom. The summed E-state index contributed by atoms with van der Waals surface area (Å²) in [5, 5.41) is 24.6. The quantitative estimate of drug-likeness (QED) is 0.675. The molecule has 0 aliphatic heterocycles. The number of aliphatic hydroxyl groups excluding tert-OH is 1. The third-order valence-electron chi connectivity index (χ3n) is 2.98. The molecule has 2 aromatic rings. The molecule has 1 aromatic heterocycles. The van der Waals surface area contributed by atoms with E-state index < -0.39 is 11.0 Å². The fourth-order valence-electron chi connectivity index (χ4n) is 1.94. The van der Waals surface area contributed by atoms with Crippen molar-refractivity contribution in [2.24, 2.45) is 0 Å². The minimum absolute atomic E-state index is 0.0758. The average Bonchev–Trinajstić information content (AvgIpc) is 2.80. The molecular weight excluding hydrogens is 246 g/mol. The third-order valence-corrected chi connectivity index (χ3v) is 2.98. The van der Waals surface area contributed by atoms with Crippen molar-refractivity contribution in [3.8, 4) is 0 Å². The number of aromatic nitrogens is 2. The fraction of sp³-hybridized carbons (Fsp3) is 0.308. The number of hydrogen-bond donors (Lipinski definition) is 1. The van der Waals surface area contributed by atoms with Crippen LogP contribution in [0.5, 0.6) is 0 Å². The Kier molecular flexibility index (Phi) is 3.62. The monoisotopic (exact) mass is 261 g/mol. The van der Waals surface area contributed by atoms with Crippen molar-refractivity contribution in [2.75, 3.05) is 0 Å². The normalized spacial score (nSPS) is 12.4. The lowest BCUT2D eigenvalue weighted by atomic mass is 10.0. The largest absolute Gasteiger partial charge is 0.386 e. The highest BCUT2D eigenvalue weighted by Gasteiger charge is 2.14. The molecule has 0 radical (unpaired) electrons. The van der Waals surface area contributed by atoms with Gasteiger partial charge in [-0.05, 0) is 25.0 Å². The van der Waals surface area contributed by atoms with E-state index in [-0.39, 0.29) is 12.2 Å². The van der Waals surface area contributed by atoms with Crippen LogP contribution >= 0.6 is 0 Å². The zero-order valence-electron chi connectivity index (χ0n) is 10.8. The predicted molar refractivity (Wildman–Crippen MR) is 69.8 cm³/mol. The molecule has 0 aliphatic carbocycles. The molecule has 100 valence electrons. The van der Waals surface area contributed by atoms with Gasteiger partial charge in [-0.3, -0.25) is 14.8 Å². The summed E-state index contributed by atoms with van der Waals surface area (Å²) >= 11 is 0. The lowest BCUT2D eigenvalue weighted by Crippen LogP contribution is -2.10. The molecular formula is C13H15N3O3. The van der Waals surface area contributed by atoms with Gasteiger partial charge in [-0.15, -0.1) is 0 Å². The second kappa shape index (κ2) is 5.19. The lowest BCUT2D eigenvalue weighted by Gasteiger charge is -2.14. The average molecular weight is 261 g/mol. The summed E-state index contributed by atoms with van der Waals surface area (Å²) in [6, 6.07) is 5.83. The SMILES string of the molecule is Cc1ccc(C)c([C@@H](O)Cn2cc([N+](=O)[O-])cn2)c1. The van der Waals surface area contributed by atoms with Crippen LogP contribution in [-0.4, -0.2) is 19.8 Å². The molecule has 0 unspecified atom stereocenters. The highest BCUT2D eigenvalue weighted by molar-refractivity contribution is 5.32. The zero-order chi connectivity index (χ0) is 14.0. The summed E-state index contributed by atoms with van der Waals surface area (Å²) in [4.78, 5) is 10.1. The van der Waals surface area contributed by atoms with Gasteiger partial charge >= 0.3 is 5.69 Å². The number of aliphatic hydroxyl groups is 1. The Bertz CT molecular complexity index is 607. The van der Waals surface area contributed by atoms with Crippen LogP contribution in [0.25, 0.3) is 0 Å². The van der Waals surface area contributed by atoms with E-state index in [1.807, 2.05) is 32.0 Å². The number of hydrogen-bond acceptors (Lipinski definition) is 4. The van der Waals surface area contributed by atoms with Gasteiger partial charge in [0, 0.05) is 0 Å². The van der Waals surface area contributed by atoms with Crippen LogP contribution in [0, 0.1) is 24.0 Å². The van der Waals surface area contributed by atoms with E-state index in [2.05, 4.69) is 5.10 Å². The van der Waals surface area contributed by atoms with Crippen molar-refractivity contribution in [3.63, 3.8) is 0 Å². The van der Waals surface area contributed by atoms with Gasteiger partial charge in [0.1, 0.15) is 12.4 Å². The summed E-state index contributed by atoms with van der Waals surface area (Å²) in [5.74, 6) is 0. The number of benzene rings is 1. The van der Waals surface area contributed by atoms with Gasteiger partial charge in [-0.25, -0.2) is 0 Å². The van der Waals surface area contributed by atoms with Crippen molar-refractivity contribution in [1.82, 2.24) is 9.78 Å². The van der Waals surface area contributed by atoms with E-state index in [1.165, 1.54) is 17.1 Å². The predicted octanol–water partition coefficient (Wildman–Crippen LogP) is 2.14. The Labute approximate surface area is 110 Å². The van der Waals surface area contributed by atoms with Crippen LogP contribution in [0.15, 0.2) is 30.6 Å². The van der Waals surface area contributed by atoms with Crippen molar-refractivity contribution in [2.45, 2.75) is 26.5 Å². The molecule has 0 fully saturated rings.